The first kappa shape index (κ1) is 11.2. The summed E-state index contributed by atoms with van der Waals surface area (Å²) < 4.78 is 0. The highest BCUT2D eigenvalue weighted by Gasteiger charge is 2.08. The van der Waals surface area contributed by atoms with E-state index >= 15 is 0 Å². The molecule has 0 saturated heterocycles. The van der Waals surface area contributed by atoms with Crippen LogP contribution < -0.4 is 11.2 Å². The lowest BCUT2D eigenvalue weighted by molar-refractivity contribution is 0.100. The van der Waals surface area contributed by atoms with Crippen LogP contribution in [0.2, 0.25) is 0 Å². The van der Waals surface area contributed by atoms with Crippen molar-refractivity contribution in [2.45, 2.75) is 0 Å². The molecule has 4 heteroatoms. The number of anilines is 1. The first-order chi connectivity index (χ1) is 8.22. The Balaban J connectivity index is 2.52. The van der Waals surface area contributed by atoms with Gasteiger partial charge in [-0.1, -0.05) is 36.4 Å². The molecule has 0 aromatic heterocycles. The topological polar surface area (TPSA) is 75.4 Å². The molecule has 0 heterocycles. The number of hydrogen-bond donors (Lipinski definition) is 3. The Morgan fingerprint density at radius 1 is 1.12 bits per heavy atom. The summed E-state index contributed by atoms with van der Waals surface area (Å²) in [6.07, 6.45) is 0. The van der Waals surface area contributed by atoms with Gasteiger partial charge in [-0.15, -0.1) is 0 Å². The van der Waals surface area contributed by atoms with Crippen molar-refractivity contribution in [2.75, 3.05) is 5.48 Å². The molecule has 0 unspecified atom stereocenters. The zero-order valence-corrected chi connectivity index (χ0v) is 9.05. The number of carbonyl (C=O) groups is 1. The van der Waals surface area contributed by atoms with E-state index in [9.17, 15) is 4.79 Å². The molecule has 2 aromatic carbocycles. The molecule has 4 N–H and O–H groups in total. The Hall–Kier alpha value is -2.33. The van der Waals surface area contributed by atoms with Crippen LogP contribution in [0, 0.1) is 0 Å². The molecule has 0 saturated carbocycles. The minimum Gasteiger partial charge on any atom is -0.366 e. The molecule has 2 rings (SSSR count). The molecule has 1 amide bonds. The molecule has 0 radical (unpaired) electrons. The molecule has 0 aliphatic heterocycles. The molecular weight excluding hydrogens is 216 g/mol. The average Bonchev–Trinajstić information content (AvgIpc) is 2.39. The van der Waals surface area contributed by atoms with E-state index in [2.05, 4.69) is 5.48 Å². The molecule has 17 heavy (non-hydrogen) atoms. The zero-order chi connectivity index (χ0) is 12.3. The maximum absolute atomic E-state index is 11.0. The summed E-state index contributed by atoms with van der Waals surface area (Å²) in [5, 5.41) is 9.08. The van der Waals surface area contributed by atoms with E-state index in [1.807, 2.05) is 30.3 Å². The summed E-state index contributed by atoms with van der Waals surface area (Å²) in [4.78, 5) is 11.0. The van der Waals surface area contributed by atoms with Crippen LogP contribution in [0.25, 0.3) is 11.1 Å². The number of nitrogens with one attached hydrogen (secondary N) is 1. The van der Waals surface area contributed by atoms with Crippen molar-refractivity contribution in [1.82, 2.24) is 0 Å². The summed E-state index contributed by atoms with van der Waals surface area (Å²) >= 11 is 0. The third kappa shape index (κ3) is 2.26. The normalized spacial score (nSPS) is 9.94. The van der Waals surface area contributed by atoms with E-state index in [0.717, 1.165) is 11.1 Å². The van der Waals surface area contributed by atoms with Gasteiger partial charge >= 0.3 is 0 Å². The van der Waals surface area contributed by atoms with E-state index in [1.54, 1.807) is 12.1 Å². The minimum atomic E-state index is -0.527. The highest BCUT2D eigenvalue weighted by molar-refractivity contribution is 5.95. The second-order valence-electron chi connectivity index (χ2n) is 3.60. The second kappa shape index (κ2) is 4.67. The zero-order valence-electron chi connectivity index (χ0n) is 9.05. The SMILES string of the molecule is NC(=O)c1ccc(-c2ccccc2)c(NO)c1. The van der Waals surface area contributed by atoms with Gasteiger partial charge in [-0.25, -0.2) is 0 Å². The molecule has 86 valence electrons. The first-order valence-corrected chi connectivity index (χ1v) is 5.12. The molecule has 2 aromatic rings. The van der Waals surface area contributed by atoms with Gasteiger partial charge in [0.1, 0.15) is 0 Å². The first-order valence-electron chi connectivity index (χ1n) is 5.12. The Bertz CT molecular complexity index is 538. The smallest absolute Gasteiger partial charge is 0.248 e. The van der Waals surface area contributed by atoms with Gasteiger partial charge in [-0.3, -0.25) is 15.5 Å². The van der Waals surface area contributed by atoms with Crippen molar-refractivity contribution >= 4 is 11.6 Å². The molecule has 0 bridgehead atoms. The molecule has 0 atom stereocenters. The van der Waals surface area contributed by atoms with E-state index in [0.29, 0.717) is 11.3 Å². The van der Waals surface area contributed by atoms with Crippen LogP contribution in [0.1, 0.15) is 10.4 Å². The predicted molar refractivity (Wildman–Crippen MR) is 65.8 cm³/mol. The van der Waals surface area contributed by atoms with Crippen LogP contribution >= 0.6 is 0 Å². The summed E-state index contributed by atoms with van der Waals surface area (Å²) in [5.74, 6) is -0.527. The lowest BCUT2D eigenvalue weighted by Gasteiger charge is -2.09. The molecular formula is C13H12N2O2. The second-order valence-corrected chi connectivity index (χ2v) is 3.60. The number of benzene rings is 2. The number of rotatable bonds is 3. The summed E-state index contributed by atoms with van der Waals surface area (Å²) in [5.41, 5.74) is 9.81. The summed E-state index contributed by atoms with van der Waals surface area (Å²) in [6, 6.07) is 14.4. The van der Waals surface area contributed by atoms with Crippen molar-refractivity contribution in [1.29, 1.82) is 0 Å². The number of primary amides is 1. The standard InChI is InChI=1S/C13H12N2O2/c14-13(16)10-6-7-11(12(8-10)15-17)9-4-2-1-3-5-9/h1-8,15,17H,(H2,14,16). The van der Waals surface area contributed by atoms with Crippen LogP contribution in [0.3, 0.4) is 0 Å². The fourth-order valence-corrected chi connectivity index (χ4v) is 1.66. The van der Waals surface area contributed by atoms with Gasteiger partial charge in [0.25, 0.3) is 0 Å². The fraction of sp³-hybridized carbons (Fsp3) is 0. The maximum Gasteiger partial charge on any atom is 0.248 e. The van der Waals surface area contributed by atoms with Crippen LogP contribution in [0.15, 0.2) is 48.5 Å². The highest BCUT2D eigenvalue weighted by atomic mass is 16.5. The third-order valence-electron chi connectivity index (χ3n) is 2.51. The summed E-state index contributed by atoms with van der Waals surface area (Å²) in [6.45, 7) is 0. The quantitative estimate of drug-likeness (QED) is 0.705. The van der Waals surface area contributed by atoms with E-state index in [-0.39, 0.29) is 0 Å². The predicted octanol–water partition coefficient (Wildman–Crippen LogP) is 2.25. The molecule has 4 nitrogen and oxygen atoms in total. The number of nitrogens with two attached hydrogens (primary N) is 1. The Morgan fingerprint density at radius 3 is 2.41 bits per heavy atom. The van der Waals surface area contributed by atoms with Gasteiger partial charge in [0, 0.05) is 11.1 Å². The van der Waals surface area contributed by atoms with Crippen molar-refractivity contribution in [3.05, 3.63) is 54.1 Å². The average molecular weight is 228 g/mol. The van der Waals surface area contributed by atoms with Gasteiger partial charge in [0.15, 0.2) is 0 Å². The molecule has 0 spiro atoms. The monoisotopic (exact) mass is 228 g/mol. The van der Waals surface area contributed by atoms with Crippen LogP contribution in [-0.4, -0.2) is 11.1 Å². The van der Waals surface area contributed by atoms with Gasteiger partial charge in [-0.05, 0) is 17.7 Å². The number of amides is 1. The third-order valence-corrected chi connectivity index (χ3v) is 2.51. The van der Waals surface area contributed by atoms with E-state index in [4.69, 9.17) is 10.9 Å². The fourth-order valence-electron chi connectivity index (χ4n) is 1.66. The van der Waals surface area contributed by atoms with Gasteiger partial charge in [0.05, 0.1) is 5.69 Å². The lowest BCUT2D eigenvalue weighted by Crippen LogP contribution is -2.11. The highest BCUT2D eigenvalue weighted by Crippen LogP contribution is 2.28. The summed E-state index contributed by atoms with van der Waals surface area (Å²) in [7, 11) is 0. The van der Waals surface area contributed by atoms with E-state index < -0.39 is 5.91 Å². The molecule has 0 fully saturated rings. The Kier molecular flexibility index (Phi) is 3.07. The van der Waals surface area contributed by atoms with Crippen molar-refractivity contribution < 1.29 is 10.0 Å². The van der Waals surface area contributed by atoms with E-state index in [1.165, 1.54) is 6.07 Å². The molecule has 0 aliphatic carbocycles. The number of carbonyl (C=O) groups excluding carboxylic acids is 1. The maximum atomic E-state index is 11.0. The van der Waals surface area contributed by atoms with Gasteiger partial charge in [-0.2, -0.15) is 0 Å². The van der Waals surface area contributed by atoms with Crippen molar-refractivity contribution in [3.63, 3.8) is 0 Å². The Labute approximate surface area is 98.7 Å². The molecule has 0 aliphatic rings. The minimum absolute atomic E-state index is 0.348. The van der Waals surface area contributed by atoms with Gasteiger partial charge < -0.3 is 5.73 Å². The van der Waals surface area contributed by atoms with Crippen LogP contribution in [0.4, 0.5) is 5.69 Å². The Morgan fingerprint density at radius 2 is 1.82 bits per heavy atom. The lowest BCUT2D eigenvalue weighted by atomic mass is 10.0. The van der Waals surface area contributed by atoms with Crippen molar-refractivity contribution in [3.8, 4) is 11.1 Å². The van der Waals surface area contributed by atoms with Crippen LogP contribution in [0.5, 0.6) is 0 Å². The van der Waals surface area contributed by atoms with Gasteiger partial charge in [0.2, 0.25) is 5.91 Å². The van der Waals surface area contributed by atoms with Crippen molar-refractivity contribution in [2.24, 2.45) is 5.73 Å². The number of hydrogen-bond acceptors (Lipinski definition) is 3. The van der Waals surface area contributed by atoms with Crippen LogP contribution in [-0.2, 0) is 0 Å². The largest absolute Gasteiger partial charge is 0.366 e.